The second kappa shape index (κ2) is 5.70. The lowest BCUT2D eigenvalue weighted by Gasteiger charge is -2.33. The number of amides is 1. The summed E-state index contributed by atoms with van der Waals surface area (Å²) < 4.78 is 3.54. The lowest BCUT2D eigenvalue weighted by Crippen LogP contribution is -2.47. The lowest BCUT2D eigenvalue weighted by molar-refractivity contribution is 0.0651. The Bertz CT molecular complexity index is 677. The standard InChI is InChI=1S/C17H23N3OS/c1-18-6-8-19(9-7-18)17(21)15-11-16-14(5-10-22-16)20(15)12-13-3-2-4-13/h5,10-11,13H,2-4,6-9,12H2,1H3. The van der Waals surface area contributed by atoms with Crippen LogP contribution in [0, 0.1) is 5.92 Å². The smallest absolute Gasteiger partial charge is 0.270 e. The molecule has 1 aliphatic carbocycles. The van der Waals surface area contributed by atoms with Crippen LogP contribution in [-0.2, 0) is 6.54 Å². The zero-order chi connectivity index (χ0) is 15.1. The molecule has 118 valence electrons. The van der Waals surface area contributed by atoms with E-state index in [0.717, 1.165) is 44.3 Å². The van der Waals surface area contributed by atoms with Crippen LogP contribution in [0.4, 0.5) is 0 Å². The van der Waals surface area contributed by atoms with E-state index in [1.165, 1.54) is 29.5 Å². The summed E-state index contributed by atoms with van der Waals surface area (Å²) in [6.45, 7) is 4.65. The van der Waals surface area contributed by atoms with E-state index in [1.807, 2.05) is 4.90 Å². The van der Waals surface area contributed by atoms with Gasteiger partial charge >= 0.3 is 0 Å². The second-order valence-corrected chi connectivity index (χ2v) is 7.65. The summed E-state index contributed by atoms with van der Waals surface area (Å²) in [6, 6.07) is 4.28. The molecule has 4 nitrogen and oxygen atoms in total. The number of nitrogens with zero attached hydrogens (tertiary/aromatic N) is 3. The number of hydrogen-bond acceptors (Lipinski definition) is 3. The highest BCUT2D eigenvalue weighted by Gasteiger charge is 2.26. The number of fused-ring (bicyclic) bond motifs is 1. The summed E-state index contributed by atoms with van der Waals surface area (Å²) in [5.41, 5.74) is 2.15. The third-order valence-electron chi connectivity index (χ3n) is 5.20. The molecule has 0 bridgehead atoms. The Morgan fingerprint density at radius 2 is 2.05 bits per heavy atom. The van der Waals surface area contributed by atoms with Crippen LogP contribution < -0.4 is 0 Å². The monoisotopic (exact) mass is 317 g/mol. The van der Waals surface area contributed by atoms with Gasteiger partial charge in [0.1, 0.15) is 5.69 Å². The highest BCUT2D eigenvalue weighted by atomic mass is 32.1. The predicted octanol–water partition coefficient (Wildman–Crippen LogP) is 2.89. The molecule has 2 aromatic heterocycles. The Morgan fingerprint density at radius 3 is 2.73 bits per heavy atom. The first kappa shape index (κ1) is 14.3. The van der Waals surface area contributed by atoms with Crippen molar-refractivity contribution >= 4 is 27.5 Å². The number of rotatable bonds is 3. The van der Waals surface area contributed by atoms with Crippen molar-refractivity contribution in [2.75, 3.05) is 33.2 Å². The van der Waals surface area contributed by atoms with Crippen LogP contribution in [0.15, 0.2) is 17.5 Å². The summed E-state index contributed by atoms with van der Waals surface area (Å²) in [4.78, 5) is 17.3. The van der Waals surface area contributed by atoms with Crippen LogP contribution >= 0.6 is 11.3 Å². The van der Waals surface area contributed by atoms with E-state index in [0.29, 0.717) is 0 Å². The minimum absolute atomic E-state index is 0.218. The average Bonchev–Trinajstić information content (AvgIpc) is 3.04. The SMILES string of the molecule is CN1CCN(C(=O)c2cc3sccc3n2CC2CCC2)CC1. The number of carbonyl (C=O) groups is 1. The fourth-order valence-corrected chi connectivity index (χ4v) is 4.28. The molecule has 0 aromatic carbocycles. The maximum Gasteiger partial charge on any atom is 0.270 e. The molecule has 5 heteroatoms. The van der Waals surface area contributed by atoms with Gasteiger partial charge in [0.15, 0.2) is 0 Å². The van der Waals surface area contributed by atoms with E-state index in [-0.39, 0.29) is 5.91 Å². The maximum absolute atomic E-state index is 13.0. The number of hydrogen-bond donors (Lipinski definition) is 0. The van der Waals surface area contributed by atoms with Crippen molar-refractivity contribution in [3.05, 3.63) is 23.2 Å². The van der Waals surface area contributed by atoms with Gasteiger partial charge in [0, 0.05) is 32.7 Å². The molecule has 2 fully saturated rings. The number of carbonyl (C=O) groups excluding carboxylic acids is 1. The molecule has 2 aromatic rings. The number of likely N-dealkylation sites (N-methyl/N-ethyl adjacent to an activating group) is 1. The van der Waals surface area contributed by atoms with Gasteiger partial charge in [0.2, 0.25) is 0 Å². The first-order chi connectivity index (χ1) is 10.7. The summed E-state index contributed by atoms with van der Waals surface area (Å²) >= 11 is 1.74. The first-order valence-electron chi connectivity index (χ1n) is 8.27. The van der Waals surface area contributed by atoms with Crippen LogP contribution in [0.25, 0.3) is 10.2 Å². The molecule has 1 saturated heterocycles. The van der Waals surface area contributed by atoms with Gasteiger partial charge in [-0.15, -0.1) is 11.3 Å². The predicted molar refractivity (Wildman–Crippen MR) is 90.6 cm³/mol. The van der Waals surface area contributed by atoms with Gasteiger partial charge in [0.05, 0.1) is 10.2 Å². The summed E-state index contributed by atoms with van der Waals surface area (Å²) in [5.74, 6) is 0.977. The molecular formula is C17H23N3OS. The molecule has 3 heterocycles. The van der Waals surface area contributed by atoms with Gasteiger partial charge < -0.3 is 14.4 Å². The lowest BCUT2D eigenvalue weighted by atomic mass is 9.85. The molecule has 2 aliphatic rings. The zero-order valence-corrected chi connectivity index (χ0v) is 13.9. The third-order valence-corrected chi connectivity index (χ3v) is 6.05. The topological polar surface area (TPSA) is 28.5 Å². The van der Waals surface area contributed by atoms with Gasteiger partial charge in [0.25, 0.3) is 5.91 Å². The Labute approximate surface area is 135 Å². The van der Waals surface area contributed by atoms with Crippen molar-refractivity contribution in [1.29, 1.82) is 0 Å². The van der Waals surface area contributed by atoms with Crippen molar-refractivity contribution in [2.24, 2.45) is 5.92 Å². The van der Waals surface area contributed by atoms with Crippen molar-refractivity contribution in [3.8, 4) is 0 Å². The Balaban J connectivity index is 1.63. The Hall–Kier alpha value is -1.33. The fraction of sp³-hybridized carbons (Fsp3) is 0.588. The number of aromatic nitrogens is 1. The normalized spacial score (nSPS) is 20.5. The summed E-state index contributed by atoms with van der Waals surface area (Å²) in [7, 11) is 2.12. The van der Waals surface area contributed by atoms with Crippen LogP contribution in [0.3, 0.4) is 0 Å². The maximum atomic E-state index is 13.0. The molecule has 0 radical (unpaired) electrons. The van der Waals surface area contributed by atoms with Crippen LogP contribution in [0.5, 0.6) is 0 Å². The van der Waals surface area contributed by atoms with Crippen molar-refractivity contribution in [2.45, 2.75) is 25.8 Å². The first-order valence-corrected chi connectivity index (χ1v) is 9.15. The van der Waals surface area contributed by atoms with Crippen molar-refractivity contribution in [1.82, 2.24) is 14.4 Å². The van der Waals surface area contributed by atoms with Gasteiger partial charge in [-0.2, -0.15) is 0 Å². The highest BCUT2D eigenvalue weighted by molar-refractivity contribution is 7.17. The molecule has 0 spiro atoms. The van der Waals surface area contributed by atoms with Crippen molar-refractivity contribution < 1.29 is 4.79 Å². The molecule has 0 N–H and O–H groups in total. The molecule has 4 rings (SSSR count). The van der Waals surface area contributed by atoms with Crippen LogP contribution in [0.2, 0.25) is 0 Å². The molecule has 1 saturated carbocycles. The number of thiophene rings is 1. The Morgan fingerprint density at radius 1 is 1.27 bits per heavy atom. The van der Waals surface area contributed by atoms with Crippen LogP contribution in [0.1, 0.15) is 29.8 Å². The van der Waals surface area contributed by atoms with Gasteiger partial charge in [-0.3, -0.25) is 4.79 Å². The molecule has 1 amide bonds. The number of piperazine rings is 1. The highest BCUT2D eigenvalue weighted by Crippen LogP contribution is 2.32. The second-order valence-electron chi connectivity index (χ2n) is 6.70. The van der Waals surface area contributed by atoms with Gasteiger partial charge in [-0.05, 0) is 43.3 Å². The average molecular weight is 317 g/mol. The molecular weight excluding hydrogens is 294 g/mol. The van der Waals surface area contributed by atoms with Gasteiger partial charge in [-0.1, -0.05) is 6.42 Å². The van der Waals surface area contributed by atoms with Gasteiger partial charge in [-0.25, -0.2) is 0 Å². The fourth-order valence-electron chi connectivity index (χ4n) is 3.46. The quantitative estimate of drug-likeness (QED) is 0.871. The molecule has 22 heavy (non-hydrogen) atoms. The van der Waals surface area contributed by atoms with E-state index >= 15 is 0 Å². The minimum atomic E-state index is 0.218. The van der Waals surface area contributed by atoms with Crippen LogP contribution in [-0.4, -0.2) is 53.5 Å². The third kappa shape index (κ3) is 2.46. The van der Waals surface area contributed by atoms with E-state index in [2.05, 4.69) is 34.0 Å². The molecule has 0 unspecified atom stereocenters. The summed E-state index contributed by atoms with van der Waals surface area (Å²) in [6.07, 6.45) is 3.97. The van der Waals surface area contributed by atoms with E-state index in [4.69, 9.17) is 0 Å². The van der Waals surface area contributed by atoms with E-state index < -0.39 is 0 Å². The largest absolute Gasteiger partial charge is 0.336 e. The Kier molecular flexibility index (Phi) is 3.70. The molecule has 1 aliphatic heterocycles. The summed E-state index contributed by atoms with van der Waals surface area (Å²) in [5, 5.41) is 2.13. The zero-order valence-electron chi connectivity index (χ0n) is 13.1. The van der Waals surface area contributed by atoms with E-state index in [9.17, 15) is 4.79 Å². The molecule has 0 atom stereocenters. The minimum Gasteiger partial charge on any atom is -0.336 e. The van der Waals surface area contributed by atoms with Crippen molar-refractivity contribution in [3.63, 3.8) is 0 Å². The van der Waals surface area contributed by atoms with E-state index in [1.54, 1.807) is 11.3 Å².